The molecule has 0 saturated heterocycles. The lowest BCUT2D eigenvalue weighted by Crippen LogP contribution is -2.29. The van der Waals surface area contributed by atoms with E-state index in [1.807, 2.05) is 0 Å². The second-order valence-corrected chi connectivity index (χ2v) is 4.32. The van der Waals surface area contributed by atoms with E-state index in [2.05, 4.69) is 0 Å². The van der Waals surface area contributed by atoms with Crippen molar-refractivity contribution < 1.29 is 27.9 Å². The van der Waals surface area contributed by atoms with Crippen LogP contribution in [0.15, 0.2) is 18.2 Å². The first-order valence-electron chi connectivity index (χ1n) is 6.14. The Balaban J connectivity index is 3.21. The maximum atomic E-state index is 12.7. The molecular weight excluding hydrogens is 289 g/mol. The summed E-state index contributed by atoms with van der Waals surface area (Å²) in [4.78, 5) is 23.5. The molecule has 3 N–H and O–H groups in total. The first-order chi connectivity index (χ1) is 9.66. The zero-order valence-electron chi connectivity index (χ0n) is 11.3. The Morgan fingerprint density at radius 1 is 1.33 bits per heavy atom. The molecule has 0 aliphatic heterocycles. The second-order valence-electron chi connectivity index (χ2n) is 4.32. The molecular formula is C13H15F3N2O3. The largest absolute Gasteiger partial charge is 0.481 e. The summed E-state index contributed by atoms with van der Waals surface area (Å²) in [5, 5.41) is 8.67. The highest BCUT2D eigenvalue weighted by Gasteiger charge is 2.32. The van der Waals surface area contributed by atoms with Crippen LogP contribution in [-0.4, -0.2) is 30.1 Å². The number of alkyl halides is 3. The number of benzene rings is 1. The third kappa shape index (κ3) is 4.37. The van der Waals surface area contributed by atoms with Crippen LogP contribution in [0.5, 0.6) is 0 Å². The van der Waals surface area contributed by atoms with Gasteiger partial charge in [0.15, 0.2) is 0 Å². The summed E-state index contributed by atoms with van der Waals surface area (Å²) in [5.74, 6) is -2.04. The number of hydrogen-bond donors (Lipinski definition) is 2. The predicted molar refractivity (Wildman–Crippen MR) is 70.1 cm³/mol. The normalized spacial score (nSPS) is 11.2. The molecule has 1 amide bonds. The lowest BCUT2D eigenvalue weighted by atomic mass is 10.1. The minimum atomic E-state index is -4.58. The number of carbonyl (C=O) groups excluding carboxylic acids is 1. The molecule has 116 valence electrons. The highest BCUT2D eigenvalue weighted by atomic mass is 19.4. The van der Waals surface area contributed by atoms with Gasteiger partial charge in [-0.2, -0.15) is 13.2 Å². The Labute approximate surface area is 119 Å². The number of carbonyl (C=O) groups is 2. The number of halogens is 3. The van der Waals surface area contributed by atoms with E-state index < -0.39 is 23.6 Å². The van der Waals surface area contributed by atoms with Gasteiger partial charge in [0.1, 0.15) is 0 Å². The Morgan fingerprint density at radius 2 is 1.95 bits per heavy atom. The number of primary amides is 1. The number of carboxylic acid groups (broad SMARTS) is 1. The molecule has 0 radical (unpaired) electrons. The van der Waals surface area contributed by atoms with Crippen molar-refractivity contribution in [2.45, 2.75) is 19.5 Å². The van der Waals surface area contributed by atoms with Gasteiger partial charge < -0.3 is 15.7 Å². The Morgan fingerprint density at radius 3 is 2.38 bits per heavy atom. The molecule has 5 nitrogen and oxygen atoms in total. The van der Waals surface area contributed by atoms with Crippen molar-refractivity contribution in [2.24, 2.45) is 5.73 Å². The van der Waals surface area contributed by atoms with Crippen molar-refractivity contribution in [3.8, 4) is 0 Å². The molecule has 8 heteroatoms. The number of carboxylic acids is 1. The summed E-state index contributed by atoms with van der Waals surface area (Å²) in [6, 6.07) is 2.65. The van der Waals surface area contributed by atoms with E-state index >= 15 is 0 Å². The fourth-order valence-electron chi connectivity index (χ4n) is 1.86. The summed E-state index contributed by atoms with van der Waals surface area (Å²) < 4.78 is 38.0. The number of rotatable bonds is 6. The average molecular weight is 304 g/mol. The number of nitrogens with two attached hydrogens (primary N) is 1. The van der Waals surface area contributed by atoms with Gasteiger partial charge in [-0.25, -0.2) is 0 Å². The van der Waals surface area contributed by atoms with Crippen LogP contribution >= 0.6 is 0 Å². The van der Waals surface area contributed by atoms with Crippen LogP contribution in [0.4, 0.5) is 18.9 Å². The Hall–Kier alpha value is -2.25. The molecule has 0 aliphatic carbocycles. The van der Waals surface area contributed by atoms with E-state index in [-0.39, 0.29) is 24.2 Å². The second kappa shape index (κ2) is 6.47. The molecule has 0 aliphatic rings. The third-order valence-corrected chi connectivity index (χ3v) is 2.91. The summed E-state index contributed by atoms with van der Waals surface area (Å²) in [5.41, 5.74) is 4.06. The molecule has 0 saturated carbocycles. The topological polar surface area (TPSA) is 83.6 Å². The lowest BCUT2D eigenvalue weighted by molar-refractivity contribution is -0.138. The fourth-order valence-corrected chi connectivity index (χ4v) is 1.86. The SMILES string of the molecule is CCN(CCC(=O)O)c1ccc(C(F)(F)F)cc1C(N)=O. The van der Waals surface area contributed by atoms with Crippen LogP contribution in [0.3, 0.4) is 0 Å². The van der Waals surface area contributed by atoms with Crippen LogP contribution in [-0.2, 0) is 11.0 Å². The van der Waals surface area contributed by atoms with E-state index in [1.165, 1.54) is 4.90 Å². The summed E-state index contributed by atoms with van der Waals surface area (Å²) in [7, 11) is 0. The zero-order valence-corrected chi connectivity index (χ0v) is 11.3. The third-order valence-electron chi connectivity index (χ3n) is 2.91. The smallest absolute Gasteiger partial charge is 0.416 e. The first-order valence-corrected chi connectivity index (χ1v) is 6.14. The monoisotopic (exact) mass is 304 g/mol. The number of amides is 1. The standard InChI is InChI=1S/C13H15F3N2O3/c1-2-18(6-5-11(19)20)10-4-3-8(13(14,15)16)7-9(10)12(17)21/h3-4,7H,2,5-6H2,1H3,(H2,17,21)(H,19,20). The molecule has 0 bridgehead atoms. The van der Waals surface area contributed by atoms with Crippen molar-refractivity contribution in [3.63, 3.8) is 0 Å². The summed E-state index contributed by atoms with van der Waals surface area (Å²) in [6.07, 6.45) is -4.78. The van der Waals surface area contributed by atoms with E-state index in [9.17, 15) is 22.8 Å². The number of hydrogen-bond acceptors (Lipinski definition) is 3. The van der Waals surface area contributed by atoms with Gasteiger partial charge in [0.05, 0.1) is 17.5 Å². The van der Waals surface area contributed by atoms with Crippen molar-refractivity contribution in [3.05, 3.63) is 29.3 Å². The summed E-state index contributed by atoms with van der Waals surface area (Å²) in [6.45, 7) is 2.10. The van der Waals surface area contributed by atoms with Gasteiger partial charge in [0, 0.05) is 18.8 Å². The van der Waals surface area contributed by atoms with Gasteiger partial charge in [-0.3, -0.25) is 9.59 Å². The maximum Gasteiger partial charge on any atom is 0.416 e. The molecule has 1 rings (SSSR count). The zero-order chi connectivity index (χ0) is 16.2. The van der Waals surface area contributed by atoms with E-state index in [0.717, 1.165) is 12.1 Å². The van der Waals surface area contributed by atoms with Gasteiger partial charge in [0.2, 0.25) is 0 Å². The first kappa shape index (κ1) is 16.8. The van der Waals surface area contributed by atoms with Crippen LogP contribution in [0, 0.1) is 0 Å². The van der Waals surface area contributed by atoms with E-state index in [4.69, 9.17) is 10.8 Å². The molecule has 0 spiro atoms. The van der Waals surface area contributed by atoms with Gasteiger partial charge in [-0.15, -0.1) is 0 Å². The highest BCUT2D eigenvalue weighted by Crippen LogP contribution is 2.32. The number of aliphatic carboxylic acids is 1. The quantitative estimate of drug-likeness (QED) is 0.843. The van der Waals surface area contributed by atoms with Crippen LogP contribution in [0.1, 0.15) is 29.3 Å². The molecule has 0 unspecified atom stereocenters. The molecule has 0 heterocycles. The number of nitrogens with zero attached hydrogens (tertiary/aromatic N) is 1. The van der Waals surface area contributed by atoms with Gasteiger partial charge in [-0.05, 0) is 25.1 Å². The highest BCUT2D eigenvalue weighted by molar-refractivity contribution is 5.99. The molecule has 1 aromatic carbocycles. The van der Waals surface area contributed by atoms with Crippen molar-refractivity contribution in [1.29, 1.82) is 0 Å². The molecule has 1 aromatic rings. The van der Waals surface area contributed by atoms with Gasteiger partial charge >= 0.3 is 12.1 Å². The van der Waals surface area contributed by atoms with Crippen LogP contribution in [0.25, 0.3) is 0 Å². The van der Waals surface area contributed by atoms with Gasteiger partial charge in [-0.1, -0.05) is 0 Å². The summed E-state index contributed by atoms with van der Waals surface area (Å²) >= 11 is 0. The predicted octanol–water partition coefficient (Wildman–Crippen LogP) is 2.11. The molecule has 0 fully saturated rings. The number of anilines is 1. The molecule has 0 atom stereocenters. The lowest BCUT2D eigenvalue weighted by Gasteiger charge is -2.25. The Kier molecular flexibility index (Phi) is 5.17. The Bertz CT molecular complexity index is 544. The molecule has 21 heavy (non-hydrogen) atoms. The van der Waals surface area contributed by atoms with E-state index in [0.29, 0.717) is 12.6 Å². The molecule has 0 aromatic heterocycles. The average Bonchev–Trinajstić information content (AvgIpc) is 2.37. The van der Waals surface area contributed by atoms with Crippen molar-refractivity contribution >= 4 is 17.6 Å². The minimum Gasteiger partial charge on any atom is -0.481 e. The van der Waals surface area contributed by atoms with Crippen molar-refractivity contribution in [2.75, 3.05) is 18.0 Å². The maximum absolute atomic E-state index is 12.7. The minimum absolute atomic E-state index is 0.0669. The fraction of sp³-hybridized carbons (Fsp3) is 0.385. The van der Waals surface area contributed by atoms with Gasteiger partial charge in [0.25, 0.3) is 5.91 Å². The van der Waals surface area contributed by atoms with E-state index in [1.54, 1.807) is 6.92 Å². The van der Waals surface area contributed by atoms with Crippen LogP contribution < -0.4 is 10.6 Å². The van der Waals surface area contributed by atoms with Crippen LogP contribution in [0.2, 0.25) is 0 Å². The van der Waals surface area contributed by atoms with Crippen molar-refractivity contribution in [1.82, 2.24) is 0 Å².